The average Bonchev–Trinajstić information content (AvgIpc) is 2.35. The number of carboxylic acids is 1. The lowest BCUT2D eigenvalue weighted by Gasteiger charge is -2.14. The van der Waals surface area contributed by atoms with Gasteiger partial charge in [-0.15, -0.1) is 0 Å². The Labute approximate surface area is 135 Å². The second-order valence-corrected chi connectivity index (χ2v) is 7.95. The molecule has 21 heavy (non-hydrogen) atoms. The van der Waals surface area contributed by atoms with Crippen molar-refractivity contribution in [3.8, 4) is 5.75 Å². The fourth-order valence-electron chi connectivity index (χ4n) is 1.52. The number of sulfone groups is 1. The highest BCUT2D eigenvalue weighted by atomic mass is 127. The predicted molar refractivity (Wildman–Crippen MR) is 84.0 cm³/mol. The lowest BCUT2D eigenvalue weighted by Crippen LogP contribution is -2.41. The van der Waals surface area contributed by atoms with Crippen LogP contribution in [-0.2, 0) is 14.6 Å². The third kappa shape index (κ3) is 5.87. The van der Waals surface area contributed by atoms with Crippen LogP contribution in [0.15, 0.2) is 18.2 Å². The number of amides is 1. The Morgan fingerprint density at radius 2 is 2.00 bits per heavy atom. The fraction of sp³-hybridized carbons (Fsp3) is 0.333. The van der Waals surface area contributed by atoms with E-state index in [1.54, 1.807) is 6.07 Å². The molecule has 116 valence electrons. The molecule has 0 fully saturated rings. The molecule has 1 unspecified atom stereocenters. The molecule has 1 aromatic carbocycles. The first kappa shape index (κ1) is 17.7. The summed E-state index contributed by atoms with van der Waals surface area (Å²) < 4.78 is 22.8. The van der Waals surface area contributed by atoms with Crippen molar-refractivity contribution >= 4 is 44.3 Å². The summed E-state index contributed by atoms with van der Waals surface area (Å²) in [7, 11) is -3.33. The number of phenols is 1. The zero-order valence-corrected chi connectivity index (χ0v) is 14.0. The molecule has 0 bridgehead atoms. The molecular formula is C12H14INO6S. The van der Waals surface area contributed by atoms with Gasteiger partial charge < -0.3 is 15.5 Å². The lowest BCUT2D eigenvalue weighted by molar-refractivity contribution is -0.139. The Hall–Kier alpha value is -1.36. The van der Waals surface area contributed by atoms with Gasteiger partial charge in [0.25, 0.3) is 5.91 Å². The highest BCUT2D eigenvalue weighted by Gasteiger charge is 2.23. The second-order valence-electron chi connectivity index (χ2n) is 4.44. The molecule has 1 atom stereocenters. The van der Waals surface area contributed by atoms with Gasteiger partial charge in [0.1, 0.15) is 21.6 Å². The van der Waals surface area contributed by atoms with Crippen LogP contribution in [0, 0.1) is 3.57 Å². The molecule has 0 spiro atoms. The summed E-state index contributed by atoms with van der Waals surface area (Å²) in [6, 6.07) is 2.97. The van der Waals surface area contributed by atoms with Gasteiger partial charge in [-0.3, -0.25) is 4.79 Å². The van der Waals surface area contributed by atoms with Crippen molar-refractivity contribution < 1.29 is 28.2 Å². The quantitative estimate of drug-likeness (QED) is 0.573. The maximum Gasteiger partial charge on any atom is 0.326 e. The van der Waals surface area contributed by atoms with Crippen LogP contribution in [-0.4, -0.2) is 48.6 Å². The molecule has 0 heterocycles. The summed E-state index contributed by atoms with van der Waals surface area (Å²) in [5.41, 5.74) is -0.0625. The van der Waals surface area contributed by atoms with Crippen molar-refractivity contribution in [3.05, 3.63) is 27.3 Å². The van der Waals surface area contributed by atoms with Crippen molar-refractivity contribution in [2.24, 2.45) is 0 Å². The van der Waals surface area contributed by atoms with Crippen LogP contribution >= 0.6 is 22.6 Å². The van der Waals surface area contributed by atoms with Crippen molar-refractivity contribution in [2.75, 3.05) is 12.0 Å². The van der Waals surface area contributed by atoms with Crippen molar-refractivity contribution in [3.63, 3.8) is 0 Å². The van der Waals surface area contributed by atoms with Crippen LogP contribution in [0.25, 0.3) is 0 Å². The maximum absolute atomic E-state index is 12.0. The number of halogens is 1. The monoisotopic (exact) mass is 427 g/mol. The summed E-state index contributed by atoms with van der Waals surface area (Å²) >= 11 is 1.94. The zero-order chi connectivity index (χ0) is 16.2. The largest absolute Gasteiger partial charge is 0.507 e. The van der Waals surface area contributed by atoms with Crippen LogP contribution in [0.5, 0.6) is 5.75 Å². The zero-order valence-electron chi connectivity index (χ0n) is 11.0. The molecule has 7 nitrogen and oxygen atoms in total. The topological polar surface area (TPSA) is 121 Å². The van der Waals surface area contributed by atoms with Gasteiger partial charge in [0.15, 0.2) is 0 Å². The number of benzene rings is 1. The van der Waals surface area contributed by atoms with Gasteiger partial charge in [0, 0.05) is 9.83 Å². The number of hydrogen-bond donors (Lipinski definition) is 3. The number of carboxylic acid groups (broad SMARTS) is 1. The predicted octanol–water partition coefficient (Wildman–Crippen LogP) is 0.614. The van der Waals surface area contributed by atoms with Crippen molar-refractivity contribution in [1.82, 2.24) is 5.32 Å². The van der Waals surface area contributed by atoms with Crippen LogP contribution in [0.3, 0.4) is 0 Å². The first-order valence-electron chi connectivity index (χ1n) is 5.80. The van der Waals surface area contributed by atoms with Gasteiger partial charge in [-0.25, -0.2) is 13.2 Å². The number of hydrogen-bond acceptors (Lipinski definition) is 5. The Morgan fingerprint density at radius 3 is 2.52 bits per heavy atom. The van der Waals surface area contributed by atoms with Crippen LogP contribution in [0.4, 0.5) is 0 Å². The molecule has 9 heteroatoms. The van der Waals surface area contributed by atoms with Crippen LogP contribution in [0.1, 0.15) is 16.8 Å². The molecule has 0 aliphatic heterocycles. The van der Waals surface area contributed by atoms with E-state index in [2.05, 4.69) is 5.32 Å². The average molecular weight is 427 g/mol. The first-order chi connectivity index (χ1) is 9.60. The summed E-state index contributed by atoms with van der Waals surface area (Å²) in [5, 5.41) is 20.8. The highest BCUT2D eigenvalue weighted by Crippen LogP contribution is 2.19. The number of carbonyl (C=O) groups is 2. The SMILES string of the molecule is CS(=O)(=O)CCC(NC(=O)c1cc(I)ccc1O)C(=O)O. The lowest BCUT2D eigenvalue weighted by atomic mass is 10.1. The molecule has 0 aromatic heterocycles. The third-order valence-electron chi connectivity index (χ3n) is 2.58. The molecule has 0 aliphatic carbocycles. The van der Waals surface area contributed by atoms with E-state index < -0.39 is 27.8 Å². The van der Waals surface area contributed by atoms with E-state index >= 15 is 0 Å². The first-order valence-corrected chi connectivity index (χ1v) is 8.94. The standard InChI is InChI=1S/C12H14INO6S/c1-21(19,20)5-4-9(12(17)18)14-11(16)8-6-7(13)2-3-10(8)15/h2-3,6,9,15H,4-5H2,1H3,(H,14,16)(H,17,18). The molecule has 0 aliphatic rings. The summed E-state index contributed by atoms with van der Waals surface area (Å²) in [6.45, 7) is 0. The summed E-state index contributed by atoms with van der Waals surface area (Å²) in [4.78, 5) is 23.0. The smallest absolute Gasteiger partial charge is 0.326 e. The summed E-state index contributed by atoms with van der Waals surface area (Å²) in [6.07, 6.45) is 0.740. The van der Waals surface area contributed by atoms with E-state index in [1.165, 1.54) is 12.1 Å². The molecule has 3 N–H and O–H groups in total. The normalized spacial score (nSPS) is 12.7. The Morgan fingerprint density at radius 1 is 1.38 bits per heavy atom. The number of phenolic OH excluding ortho intramolecular Hbond substituents is 1. The molecule has 0 saturated heterocycles. The third-order valence-corrected chi connectivity index (χ3v) is 4.23. The maximum atomic E-state index is 12.0. The minimum Gasteiger partial charge on any atom is -0.507 e. The molecular weight excluding hydrogens is 413 g/mol. The van der Waals surface area contributed by atoms with Gasteiger partial charge in [0.05, 0.1) is 11.3 Å². The van der Waals surface area contributed by atoms with E-state index in [1.807, 2.05) is 22.6 Å². The Balaban J connectivity index is 2.86. The molecule has 1 amide bonds. The van der Waals surface area contributed by atoms with Crippen molar-refractivity contribution in [1.29, 1.82) is 0 Å². The summed E-state index contributed by atoms with van der Waals surface area (Å²) in [5.74, 6) is -2.74. The van der Waals surface area contributed by atoms with E-state index in [0.29, 0.717) is 3.57 Å². The minimum atomic E-state index is -3.33. The van der Waals surface area contributed by atoms with Gasteiger partial charge in [0.2, 0.25) is 0 Å². The van der Waals surface area contributed by atoms with Gasteiger partial charge in [-0.2, -0.15) is 0 Å². The number of aromatic hydroxyl groups is 1. The molecule has 0 radical (unpaired) electrons. The Kier molecular flexibility index (Phi) is 5.96. The van der Waals surface area contributed by atoms with Crippen molar-refractivity contribution in [2.45, 2.75) is 12.5 Å². The fourth-order valence-corrected chi connectivity index (χ4v) is 2.67. The number of carbonyl (C=O) groups excluding carboxylic acids is 1. The number of nitrogens with one attached hydrogen (secondary N) is 1. The van der Waals surface area contributed by atoms with Crippen LogP contribution < -0.4 is 5.32 Å². The van der Waals surface area contributed by atoms with Gasteiger partial charge in [-0.05, 0) is 47.2 Å². The highest BCUT2D eigenvalue weighted by molar-refractivity contribution is 14.1. The molecule has 0 saturated carbocycles. The van der Waals surface area contributed by atoms with E-state index in [4.69, 9.17) is 5.11 Å². The van der Waals surface area contributed by atoms with E-state index in [9.17, 15) is 23.1 Å². The molecule has 1 aromatic rings. The van der Waals surface area contributed by atoms with E-state index in [0.717, 1.165) is 6.26 Å². The van der Waals surface area contributed by atoms with Crippen LogP contribution in [0.2, 0.25) is 0 Å². The van der Waals surface area contributed by atoms with E-state index in [-0.39, 0.29) is 23.5 Å². The van der Waals surface area contributed by atoms with Gasteiger partial charge >= 0.3 is 5.97 Å². The minimum absolute atomic E-state index is 0.0625. The number of aliphatic carboxylic acids is 1. The molecule has 1 rings (SSSR count). The van der Waals surface area contributed by atoms with Gasteiger partial charge in [-0.1, -0.05) is 0 Å². The Bertz CT molecular complexity index is 658. The number of rotatable bonds is 6. The second kappa shape index (κ2) is 7.07.